The van der Waals surface area contributed by atoms with E-state index < -0.39 is 5.60 Å². The van der Waals surface area contributed by atoms with Crippen molar-refractivity contribution in [3.8, 4) is 0 Å². The molecule has 0 aliphatic rings. The highest BCUT2D eigenvalue weighted by molar-refractivity contribution is 9.10. The van der Waals surface area contributed by atoms with Crippen molar-refractivity contribution >= 4 is 27.6 Å². The van der Waals surface area contributed by atoms with Gasteiger partial charge in [-0.05, 0) is 25.5 Å². The van der Waals surface area contributed by atoms with E-state index in [9.17, 15) is 9.90 Å². The van der Waals surface area contributed by atoms with Crippen LogP contribution in [0.3, 0.4) is 0 Å². The molecular weight excluding hydrogens is 324 g/mol. The zero-order chi connectivity index (χ0) is 15.2. The number of anilines is 1. The average Bonchev–Trinajstić information content (AvgIpc) is 2.41. The van der Waals surface area contributed by atoms with Gasteiger partial charge in [0.1, 0.15) is 0 Å². The number of carbonyl (C=O) groups is 1. The lowest BCUT2D eigenvalue weighted by atomic mass is 10.0. The van der Waals surface area contributed by atoms with E-state index in [1.165, 1.54) is 0 Å². The van der Waals surface area contributed by atoms with Crippen LogP contribution >= 0.6 is 15.9 Å². The highest BCUT2D eigenvalue weighted by atomic mass is 79.9. The molecule has 0 saturated heterocycles. The predicted octanol–water partition coefficient (Wildman–Crippen LogP) is 2.88. The first-order chi connectivity index (χ1) is 9.39. The molecule has 1 rings (SSSR count). The molecule has 0 aliphatic carbocycles. The number of aliphatic hydroxyl groups is 1. The average molecular weight is 345 g/mol. The fourth-order valence-corrected chi connectivity index (χ4v) is 2.01. The number of urea groups is 1. The van der Waals surface area contributed by atoms with Crippen LogP contribution < -0.4 is 10.6 Å². The van der Waals surface area contributed by atoms with Crippen LogP contribution in [0.5, 0.6) is 0 Å². The highest BCUT2D eigenvalue weighted by Crippen LogP contribution is 2.25. The van der Waals surface area contributed by atoms with Crippen molar-refractivity contribution in [1.82, 2.24) is 5.32 Å². The van der Waals surface area contributed by atoms with Gasteiger partial charge in [-0.25, -0.2) is 4.79 Å². The second-order valence-corrected chi connectivity index (χ2v) is 5.71. The maximum Gasteiger partial charge on any atom is 0.319 e. The predicted molar refractivity (Wildman–Crippen MR) is 82.8 cm³/mol. The zero-order valence-corrected chi connectivity index (χ0v) is 13.6. The molecule has 1 atom stereocenters. The second kappa shape index (κ2) is 7.61. The van der Waals surface area contributed by atoms with Gasteiger partial charge in [0.05, 0.1) is 12.2 Å². The first-order valence-electron chi connectivity index (χ1n) is 6.43. The summed E-state index contributed by atoms with van der Waals surface area (Å²) in [6.07, 6.45) is 0.569. The molecule has 0 aliphatic heterocycles. The van der Waals surface area contributed by atoms with Crippen molar-refractivity contribution in [2.24, 2.45) is 0 Å². The molecule has 6 heteroatoms. The van der Waals surface area contributed by atoms with Gasteiger partial charge in [-0.1, -0.05) is 28.9 Å². The van der Waals surface area contributed by atoms with Gasteiger partial charge in [0, 0.05) is 29.4 Å². The van der Waals surface area contributed by atoms with Crippen molar-refractivity contribution in [2.75, 3.05) is 19.0 Å². The lowest BCUT2D eigenvalue weighted by Crippen LogP contribution is -2.41. The molecule has 0 spiro atoms. The lowest BCUT2D eigenvalue weighted by Gasteiger charge is -2.22. The molecule has 0 heterocycles. The number of ether oxygens (including phenoxy) is 1. The second-order valence-electron chi connectivity index (χ2n) is 4.86. The molecule has 5 nitrogen and oxygen atoms in total. The molecular formula is C14H21BrN2O3. The van der Waals surface area contributed by atoms with Crippen LogP contribution in [0.2, 0.25) is 0 Å². The number of halogens is 1. The van der Waals surface area contributed by atoms with E-state index in [1.807, 2.05) is 19.1 Å². The third-order valence-electron chi connectivity index (χ3n) is 3.05. The van der Waals surface area contributed by atoms with Crippen molar-refractivity contribution in [3.05, 3.63) is 28.2 Å². The normalized spacial score (nSPS) is 13.7. The van der Waals surface area contributed by atoms with E-state index in [1.54, 1.807) is 20.1 Å². The molecule has 0 bridgehead atoms. The molecule has 0 unspecified atom stereocenters. The number of methoxy groups -OCH3 is 1. The molecule has 0 radical (unpaired) electrons. The van der Waals surface area contributed by atoms with Crippen LogP contribution in [0.1, 0.15) is 25.8 Å². The van der Waals surface area contributed by atoms with Crippen molar-refractivity contribution < 1.29 is 14.6 Å². The summed E-state index contributed by atoms with van der Waals surface area (Å²) in [6.45, 7) is 4.14. The van der Waals surface area contributed by atoms with Gasteiger partial charge in [0.25, 0.3) is 0 Å². The minimum atomic E-state index is -0.899. The molecule has 0 saturated carbocycles. The number of hydrogen-bond donors (Lipinski definition) is 3. The Bertz CT molecular complexity index is 464. The summed E-state index contributed by atoms with van der Waals surface area (Å²) < 4.78 is 5.99. The van der Waals surface area contributed by atoms with E-state index in [-0.39, 0.29) is 12.6 Å². The maximum atomic E-state index is 11.9. The Morgan fingerprint density at radius 2 is 2.20 bits per heavy atom. The van der Waals surface area contributed by atoms with Gasteiger partial charge in [-0.15, -0.1) is 0 Å². The van der Waals surface area contributed by atoms with Crippen LogP contribution in [0, 0.1) is 0 Å². The number of nitrogens with one attached hydrogen (secondary N) is 2. The molecule has 112 valence electrons. The van der Waals surface area contributed by atoms with Gasteiger partial charge in [-0.3, -0.25) is 0 Å². The third kappa shape index (κ3) is 5.11. The topological polar surface area (TPSA) is 70.6 Å². The Kier molecular flexibility index (Phi) is 6.45. The van der Waals surface area contributed by atoms with Crippen LogP contribution in [0.15, 0.2) is 22.7 Å². The summed E-state index contributed by atoms with van der Waals surface area (Å²) in [5, 5.41) is 15.3. The largest absolute Gasteiger partial charge is 0.388 e. The Labute approximate surface area is 127 Å². The summed E-state index contributed by atoms with van der Waals surface area (Å²) in [6, 6.07) is 5.17. The van der Waals surface area contributed by atoms with Gasteiger partial charge >= 0.3 is 6.03 Å². The van der Waals surface area contributed by atoms with Crippen LogP contribution in [-0.4, -0.2) is 30.4 Å². The molecule has 0 fully saturated rings. The number of hydrogen-bond acceptors (Lipinski definition) is 3. The Morgan fingerprint density at radius 3 is 2.80 bits per heavy atom. The standard InChI is InChI=1S/C14H21BrN2O3/c1-4-14(2,19)9-16-13(18)17-12-7-5-6-11(15)10(12)8-20-3/h5-7,19H,4,8-9H2,1-3H3,(H2,16,17,18)/t14-/m1/s1. The maximum absolute atomic E-state index is 11.9. The molecule has 20 heavy (non-hydrogen) atoms. The van der Waals surface area contributed by atoms with E-state index in [4.69, 9.17) is 4.74 Å². The third-order valence-corrected chi connectivity index (χ3v) is 3.79. The minimum absolute atomic E-state index is 0.197. The molecule has 1 aromatic carbocycles. The van der Waals surface area contributed by atoms with Gasteiger partial charge in [0.2, 0.25) is 0 Å². The van der Waals surface area contributed by atoms with Crippen molar-refractivity contribution in [3.63, 3.8) is 0 Å². The first-order valence-corrected chi connectivity index (χ1v) is 7.22. The number of carbonyl (C=O) groups excluding carboxylic acids is 1. The van der Waals surface area contributed by atoms with E-state index >= 15 is 0 Å². The zero-order valence-electron chi connectivity index (χ0n) is 12.0. The number of rotatable bonds is 6. The summed E-state index contributed by atoms with van der Waals surface area (Å²) in [5.74, 6) is 0. The van der Waals surface area contributed by atoms with Gasteiger partial charge in [0.15, 0.2) is 0 Å². The Hall–Kier alpha value is -1.11. The Morgan fingerprint density at radius 1 is 1.50 bits per heavy atom. The summed E-state index contributed by atoms with van der Waals surface area (Å²) in [5.41, 5.74) is 0.645. The fraction of sp³-hybridized carbons (Fsp3) is 0.500. The van der Waals surface area contributed by atoms with Crippen LogP contribution in [0.4, 0.5) is 10.5 Å². The SMILES string of the molecule is CC[C@@](C)(O)CNC(=O)Nc1cccc(Br)c1COC. The van der Waals surface area contributed by atoms with Crippen molar-refractivity contribution in [2.45, 2.75) is 32.5 Å². The highest BCUT2D eigenvalue weighted by Gasteiger charge is 2.18. The molecule has 1 aromatic rings. The van der Waals surface area contributed by atoms with Crippen LogP contribution in [-0.2, 0) is 11.3 Å². The smallest absolute Gasteiger partial charge is 0.319 e. The molecule has 2 amide bonds. The number of amides is 2. The fourth-order valence-electron chi connectivity index (χ4n) is 1.53. The Balaban J connectivity index is 2.69. The monoisotopic (exact) mass is 344 g/mol. The van der Waals surface area contributed by atoms with Gasteiger partial charge in [-0.2, -0.15) is 0 Å². The summed E-state index contributed by atoms with van der Waals surface area (Å²) in [4.78, 5) is 11.9. The lowest BCUT2D eigenvalue weighted by molar-refractivity contribution is 0.0587. The van der Waals surface area contributed by atoms with E-state index in [2.05, 4.69) is 26.6 Å². The van der Waals surface area contributed by atoms with Gasteiger partial charge < -0.3 is 20.5 Å². The van der Waals surface area contributed by atoms with E-state index in [0.717, 1.165) is 10.0 Å². The molecule has 0 aromatic heterocycles. The van der Waals surface area contributed by atoms with Crippen LogP contribution in [0.25, 0.3) is 0 Å². The van der Waals surface area contributed by atoms with E-state index in [0.29, 0.717) is 18.7 Å². The molecule has 3 N–H and O–H groups in total. The quantitative estimate of drug-likeness (QED) is 0.743. The minimum Gasteiger partial charge on any atom is -0.388 e. The van der Waals surface area contributed by atoms with Crippen molar-refractivity contribution in [1.29, 1.82) is 0 Å². The number of benzene rings is 1. The summed E-state index contributed by atoms with van der Waals surface area (Å²) in [7, 11) is 1.60. The first kappa shape index (κ1) is 16.9. The summed E-state index contributed by atoms with van der Waals surface area (Å²) >= 11 is 3.43.